The van der Waals surface area contributed by atoms with Crippen LogP contribution in [-0.4, -0.2) is 31.7 Å². The van der Waals surface area contributed by atoms with Gasteiger partial charge in [-0.05, 0) is 50.4 Å². The summed E-state index contributed by atoms with van der Waals surface area (Å²) < 4.78 is 15.9. The Morgan fingerprint density at radius 2 is 1.92 bits per heavy atom. The number of thiophene rings is 1. The molecule has 0 saturated heterocycles. The van der Waals surface area contributed by atoms with Crippen molar-refractivity contribution in [2.24, 2.45) is 0 Å². The van der Waals surface area contributed by atoms with E-state index in [0.29, 0.717) is 11.5 Å². The third kappa shape index (κ3) is 5.49. The van der Waals surface area contributed by atoms with Crippen molar-refractivity contribution in [1.29, 1.82) is 0 Å². The van der Waals surface area contributed by atoms with E-state index in [9.17, 15) is 9.59 Å². The molecule has 0 bridgehead atoms. The van der Waals surface area contributed by atoms with Crippen LogP contribution >= 0.6 is 11.3 Å². The molecule has 1 amide bonds. The number of ether oxygens (including phenoxy) is 3. The van der Waals surface area contributed by atoms with E-state index in [4.69, 9.17) is 14.2 Å². The lowest BCUT2D eigenvalue weighted by Gasteiger charge is -2.14. The molecule has 2 aromatic rings. The number of hydrogen-bond acceptors (Lipinski definition) is 6. The summed E-state index contributed by atoms with van der Waals surface area (Å²) in [6, 6.07) is 8.49. The number of benzene rings is 1. The van der Waals surface area contributed by atoms with E-state index in [1.807, 2.05) is 38.3 Å². The highest BCUT2D eigenvalue weighted by atomic mass is 32.1. The van der Waals surface area contributed by atoms with E-state index in [1.165, 1.54) is 13.2 Å². The average Bonchev–Trinajstić information content (AvgIpc) is 3.14. The second-order valence-corrected chi connectivity index (χ2v) is 6.89. The molecule has 0 spiro atoms. The Labute approximate surface area is 157 Å². The average molecular weight is 377 g/mol. The summed E-state index contributed by atoms with van der Waals surface area (Å²) in [4.78, 5) is 25.2. The molecule has 1 unspecified atom stereocenters. The highest BCUT2D eigenvalue weighted by molar-refractivity contribution is 7.10. The van der Waals surface area contributed by atoms with Gasteiger partial charge in [-0.3, -0.25) is 4.79 Å². The zero-order valence-corrected chi connectivity index (χ0v) is 16.1. The normalized spacial score (nSPS) is 11.7. The molecule has 0 radical (unpaired) electrons. The standard InChI is InChI=1S/C19H23NO5S/c1-12(2)25-15-8-7-14(10-16(15)23-4)19(22)24-11-18(21)20-13(3)17-6-5-9-26-17/h5-10,12-13H,11H2,1-4H3,(H,20,21). The van der Waals surface area contributed by atoms with Gasteiger partial charge in [-0.25, -0.2) is 4.79 Å². The molecule has 1 aromatic carbocycles. The van der Waals surface area contributed by atoms with Crippen LogP contribution in [0.5, 0.6) is 11.5 Å². The number of amides is 1. The molecule has 2 rings (SSSR count). The summed E-state index contributed by atoms with van der Waals surface area (Å²) in [5.74, 6) is 0.0229. The Kier molecular flexibility index (Phi) is 7.03. The van der Waals surface area contributed by atoms with Crippen molar-refractivity contribution in [3.63, 3.8) is 0 Å². The van der Waals surface area contributed by atoms with Crippen molar-refractivity contribution in [1.82, 2.24) is 5.32 Å². The van der Waals surface area contributed by atoms with Crippen LogP contribution in [0.3, 0.4) is 0 Å². The predicted molar refractivity (Wildman–Crippen MR) is 99.9 cm³/mol. The third-order valence-corrected chi connectivity index (χ3v) is 4.50. The predicted octanol–water partition coefficient (Wildman–Crippen LogP) is 3.58. The first-order valence-electron chi connectivity index (χ1n) is 8.25. The largest absolute Gasteiger partial charge is 0.493 e. The van der Waals surface area contributed by atoms with E-state index in [0.717, 1.165) is 4.88 Å². The highest BCUT2D eigenvalue weighted by Crippen LogP contribution is 2.29. The summed E-state index contributed by atoms with van der Waals surface area (Å²) in [6.07, 6.45) is -0.0178. The first kappa shape index (κ1) is 19.8. The van der Waals surface area contributed by atoms with Crippen molar-refractivity contribution in [3.8, 4) is 11.5 Å². The van der Waals surface area contributed by atoms with Gasteiger partial charge in [0.15, 0.2) is 18.1 Å². The first-order chi connectivity index (χ1) is 12.4. The molecule has 1 atom stereocenters. The minimum Gasteiger partial charge on any atom is -0.493 e. The van der Waals surface area contributed by atoms with Gasteiger partial charge in [0.25, 0.3) is 5.91 Å². The lowest BCUT2D eigenvalue weighted by atomic mass is 10.2. The Bertz CT molecular complexity index is 742. The van der Waals surface area contributed by atoms with E-state index in [1.54, 1.807) is 23.5 Å². The third-order valence-electron chi connectivity index (χ3n) is 3.44. The molecule has 0 fully saturated rings. The lowest BCUT2D eigenvalue weighted by Crippen LogP contribution is -2.30. The van der Waals surface area contributed by atoms with Crippen molar-refractivity contribution in [3.05, 3.63) is 46.2 Å². The van der Waals surface area contributed by atoms with Crippen LogP contribution in [0, 0.1) is 0 Å². The monoisotopic (exact) mass is 377 g/mol. The molecule has 140 valence electrons. The van der Waals surface area contributed by atoms with Gasteiger partial charge in [0.05, 0.1) is 24.8 Å². The Hall–Kier alpha value is -2.54. The maximum absolute atomic E-state index is 12.2. The van der Waals surface area contributed by atoms with Crippen LogP contribution in [0.2, 0.25) is 0 Å². The molecule has 0 saturated carbocycles. The van der Waals surface area contributed by atoms with E-state index in [-0.39, 0.29) is 30.2 Å². The van der Waals surface area contributed by atoms with Crippen LogP contribution in [0.25, 0.3) is 0 Å². The second kappa shape index (κ2) is 9.24. The van der Waals surface area contributed by atoms with Crippen LogP contribution in [0.1, 0.15) is 42.0 Å². The van der Waals surface area contributed by atoms with Gasteiger partial charge in [0.2, 0.25) is 0 Å². The Morgan fingerprint density at radius 1 is 1.15 bits per heavy atom. The Balaban J connectivity index is 1.91. The molecule has 6 nitrogen and oxygen atoms in total. The SMILES string of the molecule is COc1cc(C(=O)OCC(=O)NC(C)c2cccs2)ccc1OC(C)C. The van der Waals surface area contributed by atoms with Gasteiger partial charge in [-0.2, -0.15) is 0 Å². The van der Waals surface area contributed by atoms with Crippen molar-refractivity contribution >= 4 is 23.2 Å². The van der Waals surface area contributed by atoms with E-state index in [2.05, 4.69) is 5.32 Å². The summed E-state index contributed by atoms with van der Waals surface area (Å²) in [7, 11) is 1.50. The zero-order valence-electron chi connectivity index (χ0n) is 15.3. The molecule has 0 aliphatic heterocycles. The maximum Gasteiger partial charge on any atom is 0.338 e. The molecule has 0 aliphatic rings. The van der Waals surface area contributed by atoms with E-state index < -0.39 is 5.97 Å². The fraction of sp³-hybridized carbons (Fsp3) is 0.368. The lowest BCUT2D eigenvalue weighted by molar-refractivity contribution is -0.124. The van der Waals surface area contributed by atoms with Gasteiger partial charge in [0, 0.05) is 4.88 Å². The van der Waals surface area contributed by atoms with Crippen molar-refractivity contribution in [2.75, 3.05) is 13.7 Å². The maximum atomic E-state index is 12.2. The van der Waals surface area contributed by atoms with Crippen LogP contribution in [0.15, 0.2) is 35.7 Å². The van der Waals surface area contributed by atoms with Gasteiger partial charge in [-0.15, -0.1) is 11.3 Å². The van der Waals surface area contributed by atoms with Gasteiger partial charge >= 0.3 is 5.97 Å². The summed E-state index contributed by atoms with van der Waals surface area (Å²) in [6.45, 7) is 5.33. The van der Waals surface area contributed by atoms with Gasteiger partial charge < -0.3 is 19.5 Å². The molecule has 0 aliphatic carbocycles. The number of nitrogens with one attached hydrogen (secondary N) is 1. The second-order valence-electron chi connectivity index (χ2n) is 5.91. The molecule has 1 aromatic heterocycles. The number of methoxy groups -OCH3 is 1. The van der Waals surface area contributed by atoms with Crippen molar-refractivity contribution < 1.29 is 23.8 Å². The van der Waals surface area contributed by atoms with Crippen molar-refractivity contribution in [2.45, 2.75) is 32.9 Å². The smallest absolute Gasteiger partial charge is 0.338 e. The number of rotatable bonds is 8. The molecular formula is C19H23NO5S. The summed E-state index contributed by atoms with van der Waals surface area (Å²) in [5.41, 5.74) is 0.289. The van der Waals surface area contributed by atoms with Gasteiger partial charge in [0.1, 0.15) is 0 Å². The zero-order chi connectivity index (χ0) is 19.1. The van der Waals surface area contributed by atoms with Crippen LogP contribution in [-0.2, 0) is 9.53 Å². The summed E-state index contributed by atoms with van der Waals surface area (Å²) >= 11 is 1.56. The fourth-order valence-corrected chi connectivity index (χ4v) is 2.99. The Morgan fingerprint density at radius 3 is 2.54 bits per heavy atom. The van der Waals surface area contributed by atoms with E-state index >= 15 is 0 Å². The van der Waals surface area contributed by atoms with Gasteiger partial charge in [-0.1, -0.05) is 6.07 Å². The van der Waals surface area contributed by atoms with Crippen LogP contribution < -0.4 is 14.8 Å². The molecule has 7 heteroatoms. The minimum atomic E-state index is -0.599. The molecular weight excluding hydrogens is 354 g/mol. The van der Waals surface area contributed by atoms with Crippen LogP contribution in [0.4, 0.5) is 0 Å². The number of esters is 1. The topological polar surface area (TPSA) is 73.9 Å². The molecule has 26 heavy (non-hydrogen) atoms. The molecule has 1 heterocycles. The number of hydrogen-bond donors (Lipinski definition) is 1. The molecule has 1 N–H and O–H groups in total. The highest BCUT2D eigenvalue weighted by Gasteiger charge is 2.16. The quantitative estimate of drug-likeness (QED) is 0.712. The number of carbonyl (C=O) groups is 2. The summed E-state index contributed by atoms with van der Waals surface area (Å²) in [5, 5.41) is 4.73. The minimum absolute atomic E-state index is 0.0178. The number of carbonyl (C=O) groups excluding carboxylic acids is 2. The first-order valence-corrected chi connectivity index (χ1v) is 9.13. The fourth-order valence-electron chi connectivity index (χ4n) is 2.25.